The Balaban J connectivity index is 0.000000687. The number of hydrogen-bond acceptors (Lipinski definition) is 6. The first-order chi connectivity index (χ1) is 13.5. The summed E-state index contributed by atoms with van der Waals surface area (Å²) in [5.41, 5.74) is 7.40. The van der Waals surface area contributed by atoms with Crippen molar-refractivity contribution in [2.45, 2.75) is 63.9 Å². The highest BCUT2D eigenvalue weighted by molar-refractivity contribution is 5.63. The molecule has 0 spiro atoms. The van der Waals surface area contributed by atoms with E-state index in [9.17, 15) is 13.2 Å². The van der Waals surface area contributed by atoms with Crippen LogP contribution >= 0.6 is 0 Å². The molecular weight excluding hydrogens is 393 g/mol. The third kappa shape index (κ3) is 6.26. The monoisotopic (exact) mass is 418 g/mol. The van der Waals surface area contributed by atoms with Crippen LogP contribution in [0.5, 0.6) is 0 Å². The Bertz CT molecular complexity index is 816. The van der Waals surface area contributed by atoms with E-state index < -0.39 is 18.7 Å². The minimum Gasteiger partial charge on any atom is -0.481 e. The van der Waals surface area contributed by atoms with Gasteiger partial charge in [0.2, 0.25) is 0 Å². The number of aromatic amines is 1. The molecule has 4 N–H and O–H groups in total. The Morgan fingerprint density at radius 3 is 2.59 bits per heavy atom. The summed E-state index contributed by atoms with van der Waals surface area (Å²) >= 11 is 0. The Hall–Kier alpha value is -2.47. The molecule has 29 heavy (non-hydrogen) atoms. The largest absolute Gasteiger partial charge is 0.481 e. The van der Waals surface area contributed by atoms with Gasteiger partial charge in [-0.2, -0.15) is 23.4 Å². The molecule has 2 aromatic rings. The molecule has 1 aliphatic carbocycles. The van der Waals surface area contributed by atoms with Gasteiger partial charge in [-0.25, -0.2) is 9.67 Å². The van der Waals surface area contributed by atoms with Gasteiger partial charge in [0.25, 0.3) is 5.97 Å². The topological polar surface area (TPSA) is 132 Å². The molecular formula is C17H25F3N6O3. The molecule has 3 rings (SSSR count). The molecule has 162 valence electrons. The number of aliphatic carboxylic acids is 1. The minimum atomic E-state index is -4.38. The molecule has 0 aliphatic heterocycles. The zero-order valence-corrected chi connectivity index (χ0v) is 16.4. The maximum Gasteiger partial charge on any atom is 0.408 e. The maximum absolute atomic E-state index is 13.0. The van der Waals surface area contributed by atoms with Crippen LogP contribution in [0.25, 0.3) is 11.4 Å². The Kier molecular flexibility index (Phi) is 7.36. The molecule has 2 aromatic heterocycles. The summed E-state index contributed by atoms with van der Waals surface area (Å²) in [5, 5.41) is 18.1. The number of nitrogens with zero attached hydrogens (tertiary/aromatic N) is 4. The highest BCUT2D eigenvalue weighted by Gasteiger charge is 2.35. The summed E-state index contributed by atoms with van der Waals surface area (Å²) in [7, 11) is 1.59. The average Bonchev–Trinajstić information content (AvgIpc) is 3.18. The van der Waals surface area contributed by atoms with Gasteiger partial charge in [-0.05, 0) is 26.2 Å². The van der Waals surface area contributed by atoms with Crippen molar-refractivity contribution in [3.05, 3.63) is 17.7 Å². The van der Waals surface area contributed by atoms with Crippen LogP contribution in [0.3, 0.4) is 0 Å². The molecule has 9 nitrogen and oxygen atoms in total. The predicted octanol–water partition coefficient (Wildman–Crippen LogP) is 2.24. The number of aromatic nitrogens is 5. The second-order valence-corrected chi connectivity index (χ2v) is 6.94. The van der Waals surface area contributed by atoms with E-state index in [1.54, 1.807) is 14.0 Å². The molecule has 0 aromatic carbocycles. The van der Waals surface area contributed by atoms with E-state index in [1.807, 2.05) is 0 Å². The van der Waals surface area contributed by atoms with E-state index in [0.717, 1.165) is 11.6 Å². The van der Waals surface area contributed by atoms with Crippen molar-refractivity contribution >= 4 is 5.97 Å². The number of halogens is 3. The van der Waals surface area contributed by atoms with Gasteiger partial charge in [-0.1, -0.05) is 0 Å². The number of methoxy groups -OCH3 is 1. The number of hydrogen-bond donors (Lipinski definition) is 3. The van der Waals surface area contributed by atoms with Gasteiger partial charge in [0.1, 0.15) is 12.4 Å². The predicted molar refractivity (Wildman–Crippen MR) is 97.1 cm³/mol. The third-order valence-corrected chi connectivity index (χ3v) is 4.60. The number of carboxylic acid groups (broad SMARTS) is 1. The molecule has 0 radical (unpaired) electrons. The number of carboxylic acids is 1. The summed E-state index contributed by atoms with van der Waals surface area (Å²) in [6.45, 7) is 1.68. The molecule has 3 atom stereocenters. The SMILES string of the molecule is CC(=O)O.CO[C@@H]1CC[C@H](c2nc(-c3cn[nH]c3C)nn2CC(F)(F)F)C[C@H]1N. The van der Waals surface area contributed by atoms with Crippen LogP contribution in [-0.4, -0.2) is 61.5 Å². The van der Waals surface area contributed by atoms with Crippen LogP contribution in [-0.2, 0) is 16.1 Å². The minimum absolute atomic E-state index is 0.0779. The molecule has 1 saturated carbocycles. The Morgan fingerprint density at radius 2 is 2.10 bits per heavy atom. The van der Waals surface area contributed by atoms with Gasteiger partial charge in [-0.15, -0.1) is 0 Å². The smallest absolute Gasteiger partial charge is 0.408 e. The number of aryl methyl sites for hydroxylation is 1. The van der Waals surface area contributed by atoms with Crippen molar-refractivity contribution in [1.29, 1.82) is 0 Å². The highest BCUT2D eigenvalue weighted by Crippen LogP contribution is 2.34. The lowest BCUT2D eigenvalue weighted by Crippen LogP contribution is -2.41. The lowest BCUT2D eigenvalue weighted by Gasteiger charge is -2.32. The van der Waals surface area contributed by atoms with Crippen LogP contribution in [0.15, 0.2) is 6.20 Å². The van der Waals surface area contributed by atoms with Crippen LogP contribution in [0.4, 0.5) is 13.2 Å². The van der Waals surface area contributed by atoms with Crippen molar-refractivity contribution in [3.63, 3.8) is 0 Å². The summed E-state index contributed by atoms with van der Waals surface area (Å²) < 4.78 is 45.2. The van der Waals surface area contributed by atoms with Crippen LogP contribution in [0.1, 0.15) is 43.6 Å². The van der Waals surface area contributed by atoms with Gasteiger partial charge < -0.3 is 15.6 Å². The fraction of sp³-hybridized carbons (Fsp3) is 0.647. The number of H-pyrrole nitrogens is 1. The van der Waals surface area contributed by atoms with E-state index in [1.165, 1.54) is 6.20 Å². The lowest BCUT2D eigenvalue weighted by atomic mass is 9.83. The number of alkyl halides is 3. The zero-order chi connectivity index (χ0) is 21.8. The van der Waals surface area contributed by atoms with E-state index in [-0.39, 0.29) is 23.9 Å². The number of ether oxygens (including phenoxy) is 1. The molecule has 12 heteroatoms. The highest BCUT2D eigenvalue weighted by atomic mass is 19.4. The first kappa shape index (κ1) is 22.8. The van der Waals surface area contributed by atoms with E-state index in [4.69, 9.17) is 20.4 Å². The fourth-order valence-electron chi connectivity index (χ4n) is 3.34. The normalized spacial score (nSPS) is 22.1. The van der Waals surface area contributed by atoms with Crippen molar-refractivity contribution in [2.75, 3.05) is 7.11 Å². The number of nitrogens with two attached hydrogens (primary N) is 1. The number of rotatable bonds is 4. The van der Waals surface area contributed by atoms with Crippen LogP contribution in [0.2, 0.25) is 0 Å². The molecule has 1 fully saturated rings. The molecule has 0 bridgehead atoms. The van der Waals surface area contributed by atoms with Crippen molar-refractivity contribution in [3.8, 4) is 11.4 Å². The Labute approximate surface area is 165 Å². The van der Waals surface area contributed by atoms with Gasteiger partial charge in [-0.3, -0.25) is 9.89 Å². The van der Waals surface area contributed by atoms with Gasteiger partial charge >= 0.3 is 6.18 Å². The van der Waals surface area contributed by atoms with E-state index in [0.29, 0.717) is 36.3 Å². The second-order valence-electron chi connectivity index (χ2n) is 6.94. The number of nitrogens with one attached hydrogen (secondary N) is 1. The quantitative estimate of drug-likeness (QED) is 0.694. The van der Waals surface area contributed by atoms with Crippen molar-refractivity contribution in [2.24, 2.45) is 5.73 Å². The molecule has 0 unspecified atom stereocenters. The summed E-state index contributed by atoms with van der Waals surface area (Å²) in [6, 6.07) is -0.237. The molecule has 0 saturated heterocycles. The lowest BCUT2D eigenvalue weighted by molar-refractivity contribution is -0.143. The first-order valence-electron chi connectivity index (χ1n) is 9.01. The average molecular weight is 418 g/mol. The third-order valence-electron chi connectivity index (χ3n) is 4.60. The summed E-state index contributed by atoms with van der Waals surface area (Å²) in [4.78, 5) is 13.4. The molecule has 2 heterocycles. The van der Waals surface area contributed by atoms with E-state index >= 15 is 0 Å². The van der Waals surface area contributed by atoms with Crippen LogP contribution < -0.4 is 5.73 Å². The summed E-state index contributed by atoms with van der Waals surface area (Å²) in [5.74, 6) is -0.455. The van der Waals surface area contributed by atoms with Gasteiger partial charge in [0, 0.05) is 31.7 Å². The van der Waals surface area contributed by atoms with Gasteiger partial charge in [0.05, 0.1) is 17.9 Å². The Morgan fingerprint density at radius 1 is 1.45 bits per heavy atom. The molecule has 1 aliphatic rings. The summed E-state index contributed by atoms with van der Waals surface area (Å²) in [6.07, 6.45) is -1.09. The first-order valence-corrected chi connectivity index (χ1v) is 9.01. The van der Waals surface area contributed by atoms with Gasteiger partial charge in [0.15, 0.2) is 5.82 Å². The maximum atomic E-state index is 13.0. The number of carbonyl (C=O) groups is 1. The standard InChI is InChI=1S/C15H21F3N6O.C2H4O2/c1-8-10(6-20-22-8)13-21-14(24(23-13)7-15(16,17)18)9-3-4-12(25-2)11(19)5-9;1-2(3)4/h6,9,11-12H,3-5,7,19H2,1-2H3,(H,20,22);1H3,(H,3,4)/t9-,11+,12+;/m0./s1. The van der Waals surface area contributed by atoms with Crippen LogP contribution in [0, 0.1) is 6.92 Å². The zero-order valence-electron chi connectivity index (χ0n) is 16.4. The van der Waals surface area contributed by atoms with E-state index in [2.05, 4.69) is 20.3 Å². The second kappa shape index (κ2) is 9.35. The molecule has 0 amide bonds. The van der Waals surface area contributed by atoms with Crippen molar-refractivity contribution < 1.29 is 27.8 Å². The fourth-order valence-corrected chi connectivity index (χ4v) is 3.34. The van der Waals surface area contributed by atoms with Crippen molar-refractivity contribution in [1.82, 2.24) is 25.0 Å².